The summed E-state index contributed by atoms with van der Waals surface area (Å²) in [7, 11) is 0. The molecule has 0 atom stereocenters. The lowest BCUT2D eigenvalue weighted by atomic mass is 9.77. The molecule has 1 aliphatic rings. The zero-order valence-electron chi connectivity index (χ0n) is 15.3. The summed E-state index contributed by atoms with van der Waals surface area (Å²) in [6.07, 6.45) is 14.9. The first-order valence-electron chi connectivity index (χ1n) is 9.69. The third-order valence-electron chi connectivity index (χ3n) is 5.09. The second-order valence-electron chi connectivity index (χ2n) is 6.88. The van der Waals surface area contributed by atoms with Crippen molar-refractivity contribution in [2.24, 2.45) is 5.92 Å². The highest BCUT2D eigenvalue weighted by atomic mass is 16.5. The predicted molar refractivity (Wildman–Crippen MR) is 100 cm³/mol. The van der Waals surface area contributed by atoms with Crippen molar-refractivity contribution < 1.29 is 4.74 Å². The topological polar surface area (TPSA) is 9.23 Å². The Morgan fingerprint density at radius 3 is 2.48 bits per heavy atom. The van der Waals surface area contributed by atoms with Crippen molar-refractivity contribution in [3.63, 3.8) is 0 Å². The van der Waals surface area contributed by atoms with E-state index in [1.54, 1.807) is 5.56 Å². The van der Waals surface area contributed by atoms with Crippen molar-refractivity contribution in [1.82, 2.24) is 0 Å². The zero-order chi connectivity index (χ0) is 16.5. The molecular formula is C22H34O. The monoisotopic (exact) mass is 314 g/mol. The molecule has 0 saturated heterocycles. The molecule has 0 radical (unpaired) electrons. The van der Waals surface area contributed by atoms with Crippen LogP contribution in [0.1, 0.15) is 82.8 Å². The van der Waals surface area contributed by atoms with Crippen LogP contribution in [0.25, 0.3) is 0 Å². The second-order valence-corrected chi connectivity index (χ2v) is 6.88. The van der Waals surface area contributed by atoms with E-state index in [9.17, 15) is 0 Å². The van der Waals surface area contributed by atoms with Crippen LogP contribution in [0.5, 0.6) is 5.75 Å². The van der Waals surface area contributed by atoms with Gasteiger partial charge in [-0.2, -0.15) is 0 Å². The van der Waals surface area contributed by atoms with Crippen molar-refractivity contribution in [3.8, 4) is 5.75 Å². The molecule has 0 amide bonds. The van der Waals surface area contributed by atoms with Crippen LogP contribution >= 0.6 is 0 Å². The maximum absolute atomic E-state index is 5.80. The first kappa shape index (κ1) is 18.1. The molecular weight excluding hydrogens is 280 g/mol. The van der Waals surface area contributed by atoms with E-state index in [0.29, 0.717) is 0 Å². The van der Waals surface area contributed by atoms with Crippen LogP contribution in [0.2, 0.25) is 0 Å². The molecule has 128 valence electrons. The van der Waals surface area contributed by atoms with Crippen molar-refractivity contribution >= 4 is 0 Å². The van der Waals surface area contributed by atoms with Gasteiger partial charge in [0.2, 0.25) is 0 Å². The SMILES string of the molecule is CC/C=C/CC1CCC(c2ccc(OCC)c(CCC)c2)CC1. The first-order chi connectivity index (χ1) is 11.3. The summed E-state index contributed by atoms with van der Waals surface area (Å²) in [6, 6.07) is 6.95. The van der Waals surface area contributed by atoms with Gasteiger partial charge in [0.15, 0.2) is 0 Å². The quantitative estimate of drug-likeness (QED) is 0.487. The molecule has 2 rings (SSSR count). The van der Waals surface area contributed by atoms with Crippen molar-refractivity contribution in [2.45, 2.75) is 78.1 Å². The molecule has 0 aromatic heterocycles. The fraction of sp³-hybridized carbons (Fsp3) is 0.636. The molecule has 1 aliphatic carbocycles. The minimum Gasteiger partial charge on any atom is -0.494 e. The summed E-state index contributed by atoms with van der Waals surface area (Å²) in [5.41, 5.74) is 2.94. The number of rotatable bonds is 8. The second kappa shape index (κ2) is 9.80. The van der Waals surface area contributed by atoms with Gasteiger partial charge in [0, 0.05) is 0 Å². The van der Waals surface area contributed by atoms with Gasteiger partial charge in [-0.05, 0) is 80.9 Å². The number of hydrogen-bond donors (Lipinski definition) is 0. The van der Waals surface area contributed by atoms with Gasteiger partial charge in [0.1, 0.15) is 5.75 Å². The Morgan fingerprint density at radius 2 is 1.83 bits per heavy atom. The largest absolute Gasteiger partial charge is 0.494 e. The van der Waals surface area contributed by atoms with Gasteiger partial charge in [-0.15, -0.1) is 0 Å². The molecule has 0 bridgehead atoms. The predicted octanol–water partition coefficient (Wildman–Crippen LogP) is 6.67. The Balaban J connectivity index is 1.97. The van der Waals surface area contributed by atoms with Crippen molar-refractivity contribution in [1.29, 1.82) is 0 Å². The molecule has 23 heavy (non-hydrogen) atoms. The Kier molecular flexibility index (Phi) is 7.71. The molecule has 0 aliphatic heterocycles. The zero-order valence-corrected chi connectivity index (χ0v) is 15.3. The van der Waals surface area contributed by atoms with Crippen LogP contribution in [0, 0.1) is 5.92 Å². The van der Waals surface area contributed by atoms with E-state index in [1.165, 1.54) is 50.5 Å². The molecule has 1 nitrogen and oxygen atoms in total. The maximum Gasteiger partial charge on any atom is 0.122 e. The van der Waals surface area contributed by atoms with E-state index in [1.807, 2.05) is 0 Å². The standard InChI is InChI=1S/C22H34O/c1-4-7-8-10-18-11-13-19(14-12-18)20-15-16-22(23-6-3)21(17-20)9-5-2/h7-8,15-19H,4-6,9-14H2,1-3H3/b8-7+. The van der Waals surface area contributed by atoms with Gasteiger partial charge in [0.05, 0.1) is 6.61 Å². The molecule has 1 aromatic rings. The van der Waals surface area contributed by atoms with E-state index in [2.05, 4.69) is 51.1 Å². The van der Waals surface area contributed by atoms with Crippen molar-refractivity contribution in [3.05, 3.63) is 41.5 Å². The molecule has 1 aromatic carbocycles. The molecule has 1 fully saturated rings. The van der Waals surface area contributed by atoms with Gasteiger partial charge in [0.25, 0.3) is 0 Å². The van der Waals surface area contributed by atoms with Crippen molar-refractivity contribution in [2.75, 3.05) is 6.61 Å². The summed E-state index contributed by atoms with van der Waals surface area (Å²) < 4.78 is 5.80. The first-order valence-corrected chi connectivity index (χ1v) is 9.69. The smallest absolute Gasteiger partial charge is 0.122 e. The molecule has 0 N–H and O–H groups in total. The summed E-state index contributed by atoms with van der Waals surface area (Å²) >= 11 is 0. The van der Waals surface area contributed by atoms with E-state index < -0.39 is 0 Å². The summed E-state index contributed by atoms with van der Waals surface area (Å²) in [5, 5.41) is 0. The Morgan fingerprint density at radius 1 is 1.04 bits per heavy atom. The highest BCUT2D eigenvalue weighted by Gasteiger charge is 2.22. The fourth-order valence-corrected chi connectivity index (χ4v) is 3.80. The van der Waals surface area contributed by atoms with Crippen LogP contribution in [-0.2, 0) is 6.42 Å². The third kappa shape index (κ3) is 5.41. The van der Waals surface area contributed by atoms with Gasteiger partial charge < -0.3 is 4.74 Å². The van der Waals surface area contributed by atoms with Crippen LogP contribution < -0.4 is 4.74 Å². The number of ether oxygens (including phenoxy) is 1. The Bertz CT molecular complexity index is 481. The van der Waals surface area contributed by atoms with E-state index >= 15 is 0 Å². The maximum atomic E-state index is 5.80. The van der Waals surface area contributed by atoms with Crippen LogP contribution in [0.4, 0.5) is 0 Å². The lowest BCUT2D eigenvalue weighted by Crippen LogP contribution is -2.13. The highest BCUT2D eigenvalue weighted by Crippen LogP contribution is 2.38. The molecule has 1 heteroatoms. The normalized spacial score (nSPS) is 21.7. The van der Waals surface area contributed by atoms with Gasteiger partial charge in [-0.3, -0.25) is 0 Å². The average molecular weight is 315 g/mol. The lowest BCUT2D eigenvalue weighted by molar-refractivity contribution is 0.325. The van der Waals surface area contributed by atoms with E-state index in [4.69, 9.17) is 4.74 Å². The van der Waals surface area contributed by atoms with E-state index in [0.717, 1.165) is 30.6 Å². The van der Waals surface area contributed by atoms with Crippen LogP contribution in [0.15, 0.2) is 30.4 Å². The highest BCUT2D eigenvalue weighted by molar-refractivity contribution is 5.39. The Hall–Kier alpha value is -1.24. The molecule has 0 spiro atoms. The van der Waals surface area contributed by atoms with Gasteiger partial charge in [-0.1, -0.05) is 44.6 Å². The number of allylic oxidation sites excluding steroid dienone is 2. The van der Waals surface area contributed by atoms with Crippen LogP contribution in [-0.4, -0.2) is 6.61 Å². The minimum atomic E-state index is 0.756. The Labute approximate surface area is 143 Å². The minimum absolute atomic E-state index is 0.756. The number of benzene rings is 1. The lowest BCUT2D eigenvalue weighted by Gasteiger charge is -2.28. The van der Waals surface area contributed by atoms with Gasteiger partial charge >= 0.3 is 0 Å². The number of aryl methyl sites for hydroxylation is 1. The van der Waals surface area contributed by atoms with E-state index in [-0.39, 0.29) is 0 Å². The fourth-order valence-electron chi connectivity index (χ4n) is 3.80. The summed E-state index contributed by atoms with van der Waals surface area (Å²) in [6.45, 7) is 7.29. The average Bonchev–Trinajstić information content (AvgIpc) is 2.58. The van der Waals surface area contributed by atoms with Gasteiger partial charge in [-0.25, -0.2) is 0 Å². The third-order valence-corrected chi connectivity index (χ3v) is 5.09. The molecule has 0 unspecified atom stereocenters. The summed E-state index contributed by atoms with van der Waals surface area (Å²) in [5.74, 6) is 2.76. The number of hydrogen-bond acceptors (Lipinski definition) is 1. The molecule has 0 heterocycles. The van der Waals surface area contributed by atoms with Crippen LogP contribution in [0.3, 0.4) is 0 Å². The molecule has 1 saturated carbocycles. The summed E-state index contributed by atoms with van der Waals surface area (Å²) in [4.78, 5) is 0.